The van der Waals surface area contributed by atoms with Crippen LogP contribution in [0.25, 0.3) is 0 Å². The molecule has 1 rings (SSSR count). The third-order valence-corrected chi connectivity index (χ3v) is 3.52. The molecule has 0 nitrogen and oxygen atoms in total. The van der Waals surface area contributed by atoms with Gasteiger partial charge in [-0.25, -0.2) is 0 Å². The molecule has 0 spiro atoms. The molecule has 0 heterocycles. The first-order valence-corrected chi connectivity index (χ1v) is 7.17. The largest absolute Gasteiger partial charge is 0.179 e. The molecule has 0 aliphatic heterocycles. The topological polar surface area (TPSA) is 0 Å². The summed E-state index contributed by atoms with van der Waals surface area (Å²) in [7, 11) is 0. The van der Waals surface area contributed by atoms with Gasteiger partial charge in [-0.3, -0.25) is 0 Å². The molecule has 0 radical (unpaired) electrons. The molecule has 1 aromatic rings. The molecule has 0 fully saturated rings. The number of unbranched alkanes of at least 4 members (excludes halogenated alkanes) is 4. The normalized spacial score (nSPS) is 10.7. The van der Waals surface area contributed by atoms with Crippen molar-refractivity contribution >= 4 is 35.8 Å². The van der Waals surface area contributed by atoms with Gasteiger partial charge in [0.25, 0.3) is 0 Å². The molecule has 0 N–H and O–H groups in total. The van der Waals surface area contributed by atoms with Crippen LogP contribution < -0.4 is 0 Å². The van der Waals surface area contributed by atoms with E-state index in [4.69, 9.17) is 23.2 Å². The number of aryl methyl sites for hydroxylation is 1. The Labute approximate surface area is 114 Å². The van der Waals surface area contributed by atoms with Gasteiger partial charge in [0.1, 0.15) is 0 Å². The highest BCUT2D eigenvalue weighted by Crippen LogP contribution is 2.22. The molecule has 0 atom stereocenters. The lowest BCUT2D eigenvalue weighted by atomic mass is 10.1. The van der Waals surface area contributed by atoms with E-state index in [1.165, 1.54) is 37.7 Å². The Morgan fingerprint density at radius 1 is 0.938 bits per heavy atom. The van der Waals surface area contributed by atoms with Gasteiger partial charge < -0.3 is 0 Å². The van der Waals surface area contributed by atoms with Crippen LogP contribution in [0.3, 0.4) is 0 Å². The van der Waals surface area contributed by atoms with Gasteiger partial charge in [-0.2, -0.15) is 12.6 Å². The number of hydrogen-bond acceptors (Lipinski definition) is 1. The maximum atomic E-state index is 6.10. The Morgan fingerprint density at radius 3 is 2.31 bits per heavy atom. The van der Waals surface area contributed by atoms with Crippen molar-refractivity contribution in [2.24, 2.45) is 0 Å². The number of hydrogen-bond donors (Lipinski definition) is 1. The van der Waals surface area contributed by atoms with Crippen LogP contribution >= 0.6 is 35.8 Å². The molecule has 0 saturated carbocycles. The van der Waals surface area contributed by atoms with Gasteiger partial charge >= 0.3 is 0 Å². The predicted octanol–water partition coefficient (Wildman–Crippen LogP) is 5.42. The Balaban J connectivity index is 2.21. The first-order chi connectivity index (χ1) is 7.74. The fourth-order valence-electron chi connectivity index (χ4n) is 1.68. The minimum atomic E-state index is 0.711. The zero-order valence-electron chi connectivity index (χ0n) is 9.38. The van der Waals surface area contributed by atoms with Crippen LogP contribution in [0, 0.1) is 0 Å². The summed E-state index contributed by atoms with van der Waals surface area (Å²) >= 11 is 16.1. The monoisotopic (exact) mass is 276 g/mol. The van der Waals surface area contributed by atoms with E-state index in [0.717, 1.165) is 17.2 Å². The number of thiol groups is 1. The Bertz CT molecular complexity index is 313. The van der Waals surface area contributed by atoms with Crippen molar-refractivity contribution in [3.8, 4) is 0 Å². The number of halogens is 2. The molecular weight excluding hydrogens is 259 g/mol. The highest BCUT2D eigenvalue weighted by Gasteiger charge is 2.00. The average Bonchev–Trinajstić information content (AvgIpc) is 2.26. The Kier molecular flexibility index (Phi) is 7.35. The van der Waals surface area contributed by atoms with Crippen LogP contribution in [-0.4, -0.2) is 5.75 Å². The lowest BCUT2D eigenvalue weighted by Gasteiger charge is -2.04. The van der Waals surface area contributed by atoms with E-state index < -0.39 is 0 Å². The lowest BCUT2D eigenvalue weighted by molar-refractivity contribution is 0.635. The third-order valence-electron chi connectivity index (χ3n) is 2.62. The van der Waals surface area contributed by atoms with Crippen molar-refractivity contribution < 1.29 is 0 Å². The van der Waals surface area contributed by atoms with E-state index in [1.54, 1.807) is 0 Å². The van der Waals surface area contributed by atoms with Crippen molar-refractivity contribution in [3.63, 3.8) is 0 Å². The predicted molar refractivity (Wildman–Crippen MR) is 77.1 cm³/mol. The van der Waals surface area contributed by atoms with E-state index >= 15 is 0 Å². The molecule has 0 unspecified atom stereocenters. The second-order valence-corrected chi connectivity index (χ2v) is 5.27. The fraction of sp³-hybridized carbons (Fsp3) is 0.538. The van der Waals surface area contributed by atoms with E-state index in [1.807, 2.05) is 18.2 Å². The van der Waals surface area contributed by atoms with E-state index in [2.05, 4.69) is 12.6 Å². The Morgan fingerprint density at radius 2 is 1.62 bits per heavy atom. The van der Waals surface area contributed by atoms with Gasteiger partial charge in [-0.05, 0) is 42.7 Å². The quantitative estimate of drug-likeness (QED) is 0.499. The zero-order chi connectivity index (χ0) is 11.8. The van der Waals surface area contributed by atoms with Gasteiger partial charge in [-0.1, -0.05) is 48.5 Å². The fourth-order valence-corrected chi connectivity index (χ4v) is 2.41. The summed E-state index contributed by atoms with van der Waals surface area (Å²) in [6.07, 6.45) is 7.34. The summed E-state index contributed by atoms with van der Waals surface area (Å²) < 4.78 is 0. The first-order valence-electron chi connectivity index (χ1n) is 5.79. The van der Waals surface area contributed by atoms with Gasteiger partial charge in [0.2, 0.25) is 0 Å². The van der Waals surface area contributed by atoms with Crippen molar-refractivity contribution in [3.05, 3.63) is 33.8 Å². The molecule has 3 heteroatoms. The van der Waals surface area contributed by atoms with Gasteiger partial charge in [0.05, 0.1) is 0 Å². The zero-order valence-corrected chi connectivity index (χ0v) is 11.8. The van der Waals surface area contributed by atoms with Crippen molar-refractivity contribution in [2.75, 3.05) is 5.75 Å². The van der Waals surface area contributed by atoms with Crippen LogP contribution in [0.1, 0.15) is 37.7 Å². The molecule has 0 amide bonds. The second kappa shape index (κ2) is 8.27. The maximum Gasteiger partial charge on any atom is 0.0452 e. The molecule has 1 aromatic carbocycles. The molecule has 0 aliphatic rings. The summed E-state index contributed by atoms with van der Waals surface area (Å²) in [6, 6.07) is 5.75. The lowest BCUT2D eigenvalue weighted by Crippen LogP contribution is -1.88. The van der Waals surface area contributed by atoms with E-state index in [9.17, 15) is 0 Å². The van der Waals surface area contributed by atoms with Crippen LogP contribution in [0.4, 0.5) is 0 Å². The molecule has 0 aliphatic carbocycles. The standard InChI is InChI=1S/C13H18Cl2S/c14-12-8-7-11(13(15)10-12)6-4-2-1-3-5-9-16/h7-8,10,16H,1-6,9H2. The highest BCUT2D eigenvalue weighted by atomic mass is 35.5. The van der Waals surface area contributed by atoms with Crippen molar-refractivity contribution in [2.45, 2.75) is 38.5 Å². The summed E-state index contributed by atoms with van der Waals surface area (Å²) in [4.78, 5) is 0. The summed E-state index contributed by atoms with van der Waals surface area (Å²) in [5.41, 5.74) is 1.21. The van der Waals surface area contributed by atoms with Gasteiger partial charge in [-0.15, -0.1) is 0 Å². The summed E-state index contributed by atoms with van der Waals surface area (Å²) in [5, 5.41) is 1.50. The smallest absolute Gasteiger partial charge is 0.0452 e. The van der Waals surface area contributed by atoms with E-state index in [0.29, 0.717) is 5.02 Å². The van der Waals surface area contributed by atoms with Crippen LogP contribution in [0.2, 0.25) is 10.0 Å². The molecule has 0 saturated heterocycles. The van der Waals surface area contributed by atoms with Crippen LogP contribution in [0.5, 0.6) is 0 Å². The summed E-state index contributed by atoms with van der Waals surface area (Å²) in [6.45, 7) is 0. The summed E-state index contributed by atoms with van der Waals surface area (Å²) in [5.74, 6) is 1.00. The first kappa shape index (κ1) is 14.2. The molecule has 0 aromatic heterocycles. The minimum absolute atomic E-state index is 0.711. The number of rotatable bonds is 7. The van der Waals surface area contributed by atoms with Crippen LogP contribution in [-0.2, 0) is 6.42 Å². The van der Waals surface area contributed by atoms with Crippen molar-refractivity contribution in [1.29, 1.82) is 0 Å². The molecular formula is C13H18Cl2S. The number of benzene rings is 1. The minimum Gasteiger partial charge on any atom is -0.179 e. The average molecular weight is 277 g/mol. The van der Waals surface area contributed by atoms with Crippen molar-refractivity contribution in [1.82, 2.24) is 0 Å². The maximum absolute atomic E-state index is 6.10. The van der Waals surface area contributed by atoms with E-state index in [-0.39, 0.29) is 0 Å². The second-order valence-electron chi connectivity index (χ2n) is 3.98. The van der Waals surface area contributed by atoms with Gasteiger partial charge in [0.15, 0.2) is 0 Å². The SMILES string of the molecule is SCCCCCCCc1ccc(Cl)cc1Cl. The molecule has 0 bridgehead atoms. The Hall–Kier alpha value is 0.150. The third kappa shape index (κ3) is 5.47. The van der Waals surface area contributed by atoms with Crippen LogP contribution in [0.15, 0.2) is 18.2 Å². The molecule has 16 heavy (non-hydrogen) atoms. The van der Waals surface area contributed by atoms with Gasteiger partial charge in [0, 0.05) is 10.0 Å². The molecule has 90 valence electrons. The highest BCUT2D eigenvalue weighted by molar-refractivity contribution is 7.80.